The van der Waals surface area contributed by atoms with E-state index in [-0.39, 0.29) is 0 Å². The summed E-state index contributed by atoms with van der Waals surface area (Å²) in [6.07, 6.45) is 16.8. The molecule has 1 heteroatoms. The fraction of sp³-hybridized carbons (Fsp3) is 1.00. The summed E-state index contributed by atoms with van der Waals surface area (Å²) in [6.45, 7) is 16.2. The summed E-state index contributed by atoms with van der Waals surface area (Å²) in [5.74, 6) is 0. The van der Waals surface area contributed by atoms with Crippen LogP contribution in [0.2, 0.25) is 0 Å². The van der Waals surface area contributed by atoms with Crippen LogP contribution in [-0.4, -0.2) is 30.2 Å². The molecule has 0 heterocycles. The van der Waals surface area contributed by atoms with Crippen LogP contribution in [0.5, 0.6) is 0 Å². The number of hydrogen-bond acceptors (Lipinski definition) is 0. The van der Waals surface area contributed by atoms with Crippen LogP contribution in [0.25, 0.3) is 0 Å². The molecule has 0 saturated carbocycles. The molecule has 0 aliphatic rings. The van der Waals surface area contributed by atoms with E-state index in [2.05, 4.69) is 34.6 Å². The molecule has 22 heavy (non-hydrogen) atoms. The van der Waals surface area contributed by atoms with Gasteiger partial charge in [-0.2, -0.15) is 0 Å². The smallest absolute Gasteiger partial charge is 0.0861 e. The number of unbranched alkanes of at least 4 members (excludes halogenated alkanes) is 7. The fourth-order valence-electron chi connectivity index (χ4n) is 3.80. The molecule has 0 rings (SSSR count). The molecule has 0 aliphatic heterocycles. The molecular weight excluding hydrogens is 266 g/mol. The Morgan fingerprint density at radius 2 is 0.909 bits per heavy atom. The minimum atomic E-state index is 0.866. The lowest BCUT2D eigenvalue weighted by Crippen LogP contribution is -2.56. The molecule has 0 N–H and O–H groups in total. The maximum Gasteiger partial charge on any atom is 0.0861 e. The van der Waals surface area contributed by atoms with Gasteiger partial charge < -0.3 is 4.48 Å². The van der Waals surface area contributed by atoms with Crippen molar-refractivity contribution in [3.05, 3.63) is 0 Å². The second-order valence-corrected chi connectivity index (χ2v) is 7.50. The zero-order valence-corrected chi connectivity index (χ0v) is 16.6. The summed E-state index contributed by atoms with van der Waals surface area (Å²) < 4.78 is 1.43. The van der Waals surface area contributed by atoms with E-state index in [0.29, 0.717) is 0 Å². The Kier molecular flexibility index (Phi) is 14.5. The SMILES string of the molecule is CCCCC[N+](CCCCC)(CCCCC)C(C)CCCC. The lowest BCUT2D eigenvalue weighted by molar-refractivity contribution is -0.950. The van der Waals surface area contributed by atoms with Crippen molar-refractivity contribution in [3.63, 3.8) is 0 Å². The lowest BCUT2D eigenvalue weighted by Gasteiger charge is -2.44. The molecule has 0 fully saturated rings. The number of rotatable bonds is 16. The van der Waals surface area contributed by atoms with Gasteiger partial charge in [0.05, 0.1) is 25.7 Å². The van der Waals surface area contributed by atoms with Crippen LogP contribution in [0.15, 0.2) is 0 Å². The van der Waals surface area contributed by atoms with Crippen molar-refractivity contribution in [1.29, 1.82) is 0 Å². The van der Waals surface area contributed by atoms with Gasteiger partial charge in [0.1, 0.15) is 0 Å². The van der Waals surface area contributed by atoms with Crippen LogP contribution in [0.4, 0.5) is 0 Å². The molecular formula is C21H46N+. The van der Waals surface area contributed by atoms with Gasteiger partial charge in [-0.15, -0.1) is 0 Å². The number of quaternary nitrogens is 1. The number of hydrogen-bond donors (Lipinski definition) is 0. The summed E-state index contributed by atoms with van der Waals surface area (Å²) in [4.78, 5) is 0. The van der Waals surface area contributed by atoms with Crippen molar-refractivity contribution in [2.24, 2.45) is 0 Å². The van der Waals surface area contributed by atoms with Crippen LogP contribution in [-0.2, 0) is 0 Å². The van der Waals surface area contributed by atoms with E-state index in [9.17, 15) is 0 Å². The number of nitrogens with zero attached hydrogens (tertiary/aromatic N) is 1. The van der Waals surface area contributed by atoms with Crippen LogP contribution in [0.1, 0.15) is 112 Å². The van der Waals surface area contributed by atoms with Crippen molar-refractivity contribution in [3.8, 4) is 0 Å². The first-order valence-corrected chi connectivity index (χ1v) is 10.5. The van der Waals surface area contributed by atoms with E-state index in [1.165, 1.54) is 101 Å². The fourth-order valence-corrected chi connectivity index (χ4v) is 3.80. The first-order valence-electron chi connectivity index (χ1n) is 10.5. The largest absolute Gasteiger partial charge is 0.321 e. The summed E-state index contributed by atoms with van der Waals surface area (Å²) in [6, 6.07) is 0.866. The van der Waals surface area contributed by atoms with Gasteiger partial charge in [0.15, 0.2) is 0 Å². The minimum absolute atomic E-state index is 0.866. The maximum absolute atomic E-state index is 2.56. The Hall–Kier alpha value is -0.0400. The third-order valence-electron chi connectivity index (χ3n) is 5.53. The van der Waals surface area contributed by atoms with Gasteiger partial charge >= 0.3 is 0 Å². The molecule has 0 saturated heterocycles. The van der Waals surface area contributed by atoms with E-state index in [0.717, 1.165) is 6.04 Å². The van der Waals surface area contributed by atoms with Gasteiger partial charge in [-0.25, -0.2) is 0 Å². The molecule has 0 aromatic carbocycles. The van der Waals surface area contributed by atoms with Crippen molar-refractivity contribution < 1.29 is 4.48 Å². The Labute approximate surface area is 142 Å². The molecule has 0 aromatic rings. The zero-order chi connectivity index (χ0) is 16.7. The summed E-state index contributed by atoms with van der Waals surface area (Å²) in [5.41, 5.74) is 0. The van der Waals surface area contributed by atoms with E-state index in [4.69, 9.17) is 0 Å². The Bertz CT molecular complexity index is 197. The highest BCUT2D eigenvalue weighted by molar-refractivity contribution is 4.59. The van der Waals surface area contributed by atoms with Crippen LogP contribution < -0.4 is 0 Å². The molecule has 0 radical (unpaired) electrons. The lowest BCUT2D eigenvalue weighted by atomic mass is 10.0. The second-order valence-electron chi connectivity index (χ2n) is 7.50. The van der Waals surface area contributed by atoms with Crippen LogP contribution in [0.3, 0.4) is 0 Å². The van der Waals surface area contributed by atoms with Gasteiger partial charge in [-0.05, 0) is 58.3 Å². The summed E-state index contributed by atoms with van der Waals surface area (Å²) in [5, 5.41) is 0. The summed E-state index contributed by atoms with van der Waals surface area (Å²) >= 11 is 0. The first-order chi connectivity index (χ1) is 10.7. The van der Waals surface area contributed by atoms with E-state index in [1.807, 2.05) is 0 Å². The van der Waals surface area contributed by atoms with Crippen LogP contribution >= 0.6 is 0 Å². The van der Waals surface area contributed by atoms with Crippen molar-refractivity contribution in [2.45, 2.75) is 118 Å². The Morgan fingerprint density at radius 1 is 0.545 bits per heavy atom. The first kappa shape index (κ1) is 22.0. The molecule has 1 nitrogen and oxygen atoms in total. The molecule has 1 unspecified atom stereocenters. The molecule has 0 spiro atoms. The second kappa shape index (κ2) is 14.5. The predicted octanol–water partition coefficient (Wildman–Crippen LogP) is 6.95. The van der Waals surface area contributed by atoms with Gasteiger partial charge in [0.25, 0.3) is 0 Å². The highest BCUT2D eigenvalue weighted by Gasteiger charge is 2.32. The highest BCUT2D eigenvalue weighted by Crippen LogP contribution is 2.24. The predicted molar refractivity (Wildman–Crippen MR) is 102 cm³/mol. The van der Waals surface area contributed by atoms with Gasteiger partial charge in [0.2, 0.25) is 0 Å². The van der Waals surface area contributed by atoms with Crippen LogP contribution in [0, 0.1) is 0 Å². The normalized spacial score (nSPS) is 13.5. The Balaban J connectivity index is 4.82. The molecule has 0 amide bonds. The van der Waals surface area contributed by atoms with E-state index >= 15 is 0 Å². The molecule has 1 atom stereocenters. The quantitative estimate of drug-likeness (QED) is 0.213. The average Bonchev–Trinajstić information content (AvgIpc) is 2.52. The molecule has 0 bridgehead atoms. The molecule has 0 aliphatic carbocycles. The molecule has 0 aromatic heterocycles. The highest BCUT2D eigenvalue weighted by atomic mass is 15.4. The minimum Gasteiger partial charge on any atom is -0.321 e. The van der Waals surface area contributed by atoms with Crippen molar-refractivity contribution in [1.82, 2.24) is 0 Å². The van der Waals surface area contributed by atoms with E-state index < -0.39 is 0 Å². The monoisotopic (exact) mass is 312 g/mol. The van der Waals surface area contributed by atoms with Gasteiger partial charge in [-0.1, -0.05) is 53.4 Å². The van der Waals surface area contributed by atoms with E-state index in [1.54, 1.807) is 0 Å². The molecule has 134 valence electrons. The standard InChI is InChI=1S/C21H46N/c1-6-10-14-18-22(19-15-11-7-2,20-16-12-8-3)21(5)17-13-9-4/h21H,6-20H2,1-5H3/q+1. The average molecular weight is 313 g/mol. The third kappa shape index (κ3) is 9.18. The van der Waals surface area contributed by atoms with Gasteiger partial charge in [-0.3, -0.25) is 0 Å². The maximum atomic E-state index is 2.56. The topological polar surface area (TPSA) is 0 Å². The third-order valence-corrected chi connectivity index (χ3v) is 5.53. The summed E-state index contributed by atoms with van der Waals surface area (Å²) in [7, 11) is 0. The zero-order valence-electron chi connectivity index (χ0n) is 16.6. The van der Waals surface area contributed by atoms with Gasteiger partial charge in [0, 0.05) is 0 Å². The Morgan fingerprint density at radius 3 is 1.23 bits per heavy atom. The van der Waals surface area contributed by atoms with Crippen molar-refractivity contribution in [2.75, 3.05) is 19.6 Å². The van der Waals surface area contributed by atoms with Crippen molar-refractivity contribution >= 4 is 0 Å².